The van der Waals surface area contributed by atoms with Crippen LogP contribution in [-0.4, -0.2) is 28.6 Å². The number of thioether (sulfide) groups is 1. The van der Waals surface area contributed by atoms with Crippen LogP contribution in [0.5, 0.6) is 0 Å². The quantitative estimate of drug-likeness (QED) is 0.725. The molecule has 0 radical (unpaired) electrons. The Morgan fingerprint density at radius 1 is 1.55 bits per heavy atom. The Kier molecular flexibility index (Phi) is 5.02. The van der Waals surface area contributed by atoms with Crippen molar-refractivity contribution in [3.8, 4) is 0 Å². The molecule has 1 fully saturated rings. The summed E-state index contributed by atoms with van der Waals surface area (Å²) in [5, 5.41) is 5.21. The lowest BCUT2D eigenvalue weighted by Crippen LogP contribution is -2.13. The van der Waals surface area contributed by atoms with E-state index >= 15 is 0 Å². The first-order valence-corrected chi connectivity index (χ1v) is 8.39. The molecule has 1 aliphatic carbocycles. The predicted octanol–water partition coefficient (Wildman–Crippen LogP) is 3.21. The molecule has 0 saturated heterocycles. The lowest BCUT2D eigenvalue weighted by Gasteiger charge is -2.13. The SMILES string of the molecule is CCc1nn(C)c(CSCC2(CC(=O)OC)CC2)c1Cl. The molecule has 0 bridgehead atoms. The van der Waals surface area contributed by atoms with E-state index in [1.165, 1.54) is 7.11 Å². The van der Waals surface area contributed by atoms with Crippen molar-refractivity contribution in [1.29, 1.82) is 0 Å². The molecule has 1 aromatic rings. The average molecular weight is 317 g/mol. The van der Waals surface area contributed by atoms with Crippen LogP contribution in [-0.2, 0) is 28.8 Å². The lowest BCUT2D eigenvalue weighted by atomic mass is 10.1. The molecule has 0 N–H and O–H groups in total. The normalized spacial score (nSPS) is 16.2. The Morgan fingerprint density at radius 3 is 2.75 bits per heavy atom. The van der Waals surface area contributed by atoms with E-state index in [2.05, 4.69) is 12.0 Å². The molecule has 20 heavy (non-hydrogen) atoms. The summed E-state index contributed by atoms with van der Waals surface area (Å²) in [5.74, 6) is 1.71. The average Bonchev–Trinajstić information content (AvgIpc) is 3.13. The van der Waals surface area contributed by atoms with Crippen molar-refractivity contribution in [2.75, 3.05) is 12.9 Å². The zero-order chi connectivity index (χ0) is 14.8. The van der Waals surface area contributed by atoms with Gasteiger partial charge in [-0.05, 0) is 30.4 Å². The minimum Gasteiger partial charge on any atom is -0.469 e. The van der Waals surface area contributed by atoms with Crippen LogP contribution in [0.15, 0.2) is 0 Å². The van der Waals surface area contributed by atoms with Crippen molar-refractivity contribution in [3.05, 3.63) is 16.4 Å². The standard InChI is InChI=1S/C14H21ClN2O2S/c1-4-10-13(15)11(17(2)16-10)8-20-9-14(5-6-14)7-12(18)19-3/h4-9H2,1-3H3. The van der Waals surface area contributed by atoms with Crippen molar-refractivity contribution in [3.63, 3.8) is 0 Å². The highest BCUT2D eigenvalue weighted by molar-refractivity contribution is 7.98. The van der Waals surface area contributed by atoms with Crippen molar-refractivity contribution in [2.24, 2.45) is 12.5 Å². The second-order valence-corrected chi connectivity index (χ2v) is 6.79. The van der Waals surface area contributed by atoms with Gasteiger partial charge in [0.05, 0.1) is 29.9 Å². The van der Waals surface area contributed by atoms with E-state index in [4.69, 9.17) is 16.3 Å². The third-order valence-corrected chi connectivity index (χ3v) is 5.58. The van der Waals surface area contributed by atoms with E-state index in [9.17, 15) is 4.79 Å². The smallest absolute Gasteiger partial charge is 0.306 e. The number of hydrogen-bond donors (Lipinski definition) is 0. The topological polar surface area (TPSA) is 44.1 Å². The van der Waals surface area contributed by atoms with Gasteiger partial charge in [-0.15, -0.1) is 0 Å². The molecule has 4 nitrogen and oxygen atoms in total. The molecule has 0 amide bonds. The summed E-state index contributed by atoms with van der Waals surface area (Å²) in [4.78, 5) is 11.4. The third-order valence-electron chi connectivity index (χ3n) is 3.85. The predicted molar refractivity (Wildman–Crippen MR) is 82.1 cm³/mol. The highest BCUT2D eigenvalue weighted by atomic mass is 35.5. The molecule has 0 unspecified atom stereocenters. The Labute approximate surface area is 129 Å². The van der Waals surface area contributed by atoms with E-state index < -0.39 is 0 Å². The van der Waals surface area contributed by atoms with Crippen LogP contribution in [0.1, 0.15) is 37.6 Å². The second-order valence-electron chi connectivity index (χ2n) is 5.43. The number of halogens is 1. The molecule has 2 rings (SSSR count). The van der Waals surface area contributed by atoms with E-state index in [0.717, 1.165) is 47.2 Å². The second kappa shape index (κ2) is 6.39. The summed E-state index contributed by atoms with van der Waals surface area (Å²) in [6.07, 6.45) is 3.63. The van der Waals surface area contributed by atoms with E-state index in [1.807, 2.05) is 23.5 Å². The van der Waals surface area contributed by atoms with Gasteiger partial charge in [0.25, 0.3) is 0 Å². The van der Waals surface area contributed by atoms with Crippen molar-refractivity contribution in [1.82, 2.24) is 9.78 Å². The molecule has 6 heteroatoms. The van der Waals surface area contributed by atoms with Crippen LogP contribution in [0, 0.1) is 5.41 Å². The van der Waals surface area contributed by atoms with Crippen LogP contribution in [0.3, 0.4) is 0 Å². The van der Waals surface area contributed by atoms with Crippen LogP contribution in [0.2, 0.25) is 5.02 Å². The summed E-state index contributed by atoms with van der Waals surface area (Å²) in [6, 6.07) is 0. The summed E-state index contributed by atoms with van der Waals surface area (Å²) in [5.41, 5.74) is 2.19. The minimum absolute atomic E-state index is 0.102. The van der Waals surface area contributed by atoms with Gasteiger partial charge in [0.2, 0.25) is 0 Å². The van der Waals surface area contributed by atoms with Crippen LogP contribution in [0.25, 0.3) is 0 Å². The first kappa shape index (κ1) is 15.7. The molecular formula is C14H21ClN2O2S. The highest BCUT2D eigenvalue weighted by Crippen LogP contribution is 2.51. The van der Waals surface area contributed by atoms with E-state index in [0.29, 0.717) is 6.42 Å². The van der Waals surface area contributed by atoms with Crippen LogP contribution >= 0.6 is 23.4 Å². The van der Waals surface area contributed by atoms with Gasteiger partial charge in [-0.2, -0.15) is 16.9 Å². The Morgan fingerprint density at radius 2 is 2.25 bits per heavy atom. The number of carbonyl (C=O) groups is 1. The minimum atomic E-state index is -0.102. The molecule has 1 aromatic heterocycles. The van der Waals surface area contributed by atoms with Gasteiger partial charge < -0.3 is 4.74 Å². The lowest BCUT2D eigenvalue weighted by molar-refractivity contribution is -0.141. The molecule has 1 heterocycles. The largest absolute Gasteiger partial charge is 0.469 e. The molecule has 0 aromatic carbocycles. The number of aromatic nitrogens is 2. The maximum absolute atomic E-state index is 11.4. The van der Waals surface area contributed by atoms with E-state index in [1.54, 1.807) is 0 Å². The number of esters is 1. The van der Waals surface area contributed by atoms with Crippen molar-refractivity contribution >= 4 is 29.3 Å². The molecule has 0 atom stereocenters. The number of nitrogens with zero attached hydrogens (tertiary/aromatic N) is 2. The van der Waals surface area contributed by atoms with Crippen LogP contribution in [0.4, 0.5) is 0 Å². The summed E-state index contributed by atoms with van der Waals surface area (Å²) >= 11 is 8.16. The van der Waals surface area contributed by atoms with Gasteiger partial charge in [-0.1, -0.05) is 18.5 Å². The van der Waals surface area contributed by atoms with Gasteiger partial charge >= 0.3 is 5.97 Å². The molecule has 112 valence electrons. The molecule has 0 aliphatic heterocycles. The summed E-state index contributed by atoms with van der Waals surface area (Å²) < 4.78 is 6.63. The number of hydrogen-bond acceptors (Lipinski definition) is 4. The first-order chi connectivity index (χ1) is 9.51. The molecular weight excluding hydrogens is 296 g/mol. The number of aryl methyl sites for hydroxylation is 2. The fourth-order valence-electron chi connectivity index (χ4n) is 2.27. The number of carbonyl (C=O) groups excluding carboxylic acids is 1. The monoisotopic (exact) mass is 316 g/mol. The number of methoxy groups -OCH3 is 1. The molecule has 1 saturated carbocycles. The summed E-state index contributed by atoms with van der Waals surface area (Å²) in [7, 11) is 3.38. The van der Waals surface area contributed by atoms with Crippen LogP contribution < -0.4 is 0 Å². The summed E-state index contributed by atoms with van der Waals surface area (Å²) in [6.45, 7) is 2.06. The fraction of sp³-hybridized carbons (Fsp3) is 0.714. The van der Waals surface area contributed by atoms with Crippen molar-refractivity contribution < 1.29 is 9.53 Å². The third kappa shape index (κ3) is 3.50. The Balaban J connectivity index is 1.87. The van der Waals surface area contributed by atoms with Gasteiger partial charge in [0, 0.05) is 12.8 Å². The number of rotatable bonds is 7. The first-order valence-electron chi connectivity index (χ1n) is 6.86. The molecule has 0 spiro atoms. The maximum Gasteiger partial charge on any atom is 0.306 e. The van der Waals surface area contributed by atoms with Gasteiger partial charge in [0.15, 0.2) is 0 Å². The zero-order valence-corrected chi connectivity index (χ0v) is 13.8. The van der Waals surface area contributed by atoms with Gasteiger partial charge in [-0.3, -0.25) is 9.48 Å². The number of ether oxygens (including phenoxy) is 1. The Bertz CT molecular complexity index is 498. The maximum atomic E-state index is 11.4. The Hall–Kier alpha value is -0.680. The van der Waals surface area contributed by atoms with Gasteiger partial charge in [-0.25, -0.2) is 0 Å². The van der Waals surface area contributed by atoms with Crippen molar-refractivity contribution in [2.45, 2.75) is 38.4 Å². The molecule has 1 aliphatic rings. The van der Waals surface area contributed by atoms with E-state index in [-0.39, 0.29) is 11.4 Å². The zero-order valence-electron chi connectivity index (χ0n) is 12.2. The highest BCUT2D eigenvalue weighted by Gasteiger charge is 2.44. The van der Waals surface area contributed by atoms with Gasteiger partial charge in [0.1, 0.15) is 0 Å². The fourth-order valence-corrected chi connectivity index (χ4v) is 4.16.